The second-order valence-corrected chi connectivity index (χ2v) is 31.6. The van der Waals surface area contributed by atoms with E-state index in [0.29, 0.717) is 39.4 Å². The minimum absolute atomic E-state index is 0.0265. The Morgan fingerprint density at radius 1 is 0.589 bits per heavy atom. The van der Waals surface area contributed by atoms with Crippen LogP contribution in [0, 0.1) is 11.8 Å². The molecule has 18 N–H and O–H groups in total. The highest BCUT2D eigenvalue weighted by molar-refractivity contribution is 7.99. The molecule has 14 atom stereocenters. The van der Waals surface area contributed by atoms with Crippen molar-refractivity contribution in [3.63, 3.8) is 0 Å². The molecule has 0 aliphatic carbocycles. The number of nitrogens with one attached hydrogen (secondary N) is 12. The smallest absolute Gasteiger partial charge is 0.305 e. The predicted octanol–water partition coefficient (Wildman–Crippen LogP) is -3.64. The lowest BCUT2D eigenvalue weighted by Gasteiger charge is -2.42. The Bertz CT molecular complexity index is 4190. The zero-order valence-electron chi connectivity index (χ0n) is 63.2. The van der Waals surface area contributed by atoms with E-state index in [2.05, 4.69) is 63.1 Å². The highest BCUT2D eigenvalue weighted by Crippen LogP contribution is 2.28. The zero-order chi connectivity index (χ0) is 81.4. The number of carbonyl (C=O) groups excluding carboxylic acids is 15. The fourth-order valence-corrected chi connectivity index (χ4v) is 15.9. The number of carbonyl (C=O) groups is 16. The van der Waals surface area contributed by atoms with Crippen molar-refractivity contribution >= 4 is 140 Å². The van der Waals surface area contributed by atoms with Gasteiger partial charge in [-0.1, -0.05) is 64.1 Å². The maximum Gasteiger partial charge on any atom is 0.305 e. The van der Waals surface area contributed by atoms with E-state index in [4.69, 9.17) is 11.5 Å². The highest BCUT2D eigenvalue weighted by Gasteiger charge is 2.46. The molecule has 5 bridgehead atoms. The van der Waals surface area contributed by atoms with Crippen LogP contribution in [0.2, 0.25) is 0 Å². The van der Waals surface area contributed by atoms with Crippen molar-refractivity contribution in [2.24, 2.45) is 23.3 Å². The summed E-state index contributed by atoms with van der Waals surface area (Å²) in [7, 11) is 0. The Morgan fingerprint density at radius 3 is 1.78 bits per heavy atom. The molecular formula is C73H101N19O18S2. The van der Waals surface area contributed by atoms with Gasteiger partial charge in [-0.05, 0) is 81.0 Å². The number of carboxylic acids is 1. The first-order valence-electron chi connectivity index (χ1n) is 37.4. The molecule has 7 heterocycles. The number of hydrogen-bond acceptors (Lipinski definition) is 21. The maximum absolute atomic E-state index is 16.1. The number of rotatable bonds is 11. The Balaban J connectivity index is 1.14. The summed E-state index contributed by atoms with van der Waals surface area (Å²) in [6.45, 7) is 6.33. The highest BCUT2D eigenvalue weighted by atomic mass is 32.2. The lowest BCUT2D eigenvalue weighted by molar-refractivity contribution is -0.172. The van der Waals surface area contributed by atoms with Gasteiger partial charge in [0.15, 0.2) is 0 Å². The van der Waals surface area contributed by atoms with Crippen LogP contribution in [-0.2, 0) is 89.6 Å². The molecule has 15 amide bonds. The number of aliphatic carboxylic acids is 1. The number of aromatic amines is 2. The summed E-state index contributed by atoms with van der Waals surface area (Å²) in [6.07, 6.45) is -0.229. The number of nitrogens with zero attached hydrogens (tertiary/aromatic N) is 5. The average Bonchev–Trinajstić information content (AvgIpc) is 1.49. The number of aromatic nitrogens is 2. The molecule has 0 spiro atoms. The maximum atomic E-state index is 16.1. The summed E-state index contributed by atoms with van der Waals surface area (Å²) in [5.74, 6) is -17.1. The van der Waals surface area contributed by atoms with Crippen LogP contribution in [0.4, 0.5) is 0 Å². The van der Waals surface area contributed by atoms with Gasteiger partial charge in [-0.2, -0.15) is 28.5 Å². The van der Waals surface area contributed by atoms with E-state index in [1.165, 1.54) is 47.4 Å². The molecule has 9 rings (SSSR count). The second-order valence-electron chi connectivity index (χ2n) is 29.3. The number of para-hydroxylation sites is 2. The van der Waals surface area contributed by atoms with E-state index in [-0.39, 0.29) is 87.6 Å². The van der Waals surface area contributed by atoms with Crippen LogP contribution in [-0.4, -0.2) is 281 Å². The number of hydrazine groups is 1. The fourth-order valence-electron chi connectivity index (χ4n) is 13.9. The minimum atomic E-state index is -2.02. The van der Waals surface area contributed by atoms with Gasteiger partial charge in [-0.15, -0.1) is 0 Å². The Hall–Kier alpha value is -10.4. The lowest BCUT2D eigenvalue weighted by Crippen LogP contribution is -2.65. The van der Waals surface area contributed by atoms with Crippen molar-refractivity contribution in [1.82, 2.24) is 87.9 Å². The quantitative estimate of drug-likeness (QED) is 0.0689. The first-order valence-corrected chi connectivity index (χ1v) is 39.7. The number of benzene rings is 2. The van der Waals surface area contributed by atoms with Gasteiger partial charge in [-0.3, -0.25) is 81.7 Å². The molecule has 5 aliphatic heterocycles. The van der Waals surface area contributed by atoms with E-state index in [1.54, 1.807) is 74.8 Å². The third kappa shape index (κ3) is 22.1. The van der Waals surface area contributed by atoms with Gasteiger partial charge in [0.25, 0.3) is 5.91 Å². The van der Waals surface area contributed by atoms with Crippen molar-refractivity contribution in [2.75, 3.05) is 62.5 Å². The van der Waals surface area contributed by atoms with Gasteiger partial charge in [0, 0.05) is 103 Å². The molecular weight excluding hydrogens is 1500 g/mol. The Kier molecular flexibility index (Phi) is 30.0. The van der Waals surface area contributed by atoms with Gasteiger partial charge in [0.2, 0.25) is 82.7 Å². The first kappa shape index (κ1) is 85.6. The summed E-state index contributed by atoms with van der Waals surface area (Å²) < 4.78 is 0. The number of aliphatic hydroxyl groups is 1. The van der Waals surface area contributed by atoms with Gasteiger partial charge in [0.05, 0.1) is 38.4 Å². The number of hydrogen-bond donors (Lipinski definition) is 16. The van der Waals surface area contributed by atoms with E-state index in [0.717, 1.165) is 28.5 Å². The zero-order valence-corrected chi connectivity index (χ0v) is 64.8. The lowest BCUT2D eigenvalue weighted by atomic mass is 9.97. The molecule has 2 aromatic heterocycles. The van der Waals surface area contributed by atoms with E-state index in [1.807, 2.05) is 0 Å². The van der Waals surface area contributed by atoms with Gasteiger partial charge in [0.1, 0.15) is 66.5 Å². The molecule has 5 saturated heterocycles. The molecule has 5 fully saturated rings. The molecule has 0 radical (unpaired) electrons. The number of amides is 15. The molecule has 112 heavy (non-hydrogen) atoms. The van der Waals surface area contributed by atoms with Gasteiger partial charge in [-0.25, -0.2) is 0 Å². The summed E-state index contributed by atoms with van der Waals surface area (Å²) in [4.78, 5) is 242. The fraction of sp³-hybridized carbons (Fsp3) is 0.562. The topological polar surface area (TPSA) is 534 Å². The normalized spacial score (nSPS) is 27.6. The van der Waals surface area contributed by atoms with Crippen molar-refractivity contribution < 1.29 is 86.9 Å². The minimum Gasteiger partial charge on any atom is -0.481 e. The molecule has 1 unspecified atom stereocenters. The van der Waals surface area contributed by atoms with Crippen LogP contribution in [0.3, 0.4) is 0 Å². The van der Waals surface area contributed by atoms with E-state index >= 15 is 19.2 Å². The number of nitrogens with two attached hydrogens (primary N) is 2. The number of H-pyrrole nitrogens is 2. The molecule has 608 valence electrons. The largest absolute Gasteiger partial charge is 0.481 e. The average molecular weight is 1600 g/mol. The van der Waals surface area contributed by atoms with Crippen LogP contribution in [0.25, 0.3) is 21.8 Å². The molecule has 2 aromatic carbocycles. The predicted molar refractivity (Wildman–Crippen MR) is 409 cm³/mol. The second kappa shape index (κ2) is 39.2. The number of thioether (sulfide) groups is 2. The Labute approximate surface area is 653 Å². The number of aliphatic hydroxyl groups excluding tert-OH is 1. The van der Waals surface area contributed by atoms with Gasteiger partial charge >= 0.3 is 5.97 Å². The summed E-state index contributed by atoms with van der Waals surface area (Å²) in [5, 5.41) is 51.1. The van der Waals surface area contributed by atoms with Crippen LogP contribution < -0.4 is 64.6 Å². The first-order chi connectivity index (χ1) is 53.3. The van der Waals surface area contributed by atoms with Crippen LogP contribution >= 0.6 is 23.5 Å². The van der Waals surface area contributed by atoms with Crippen molar-refractivity contribution in [3.05, 3.63) is 72.1 Å². The number of carboxylic acid groups (broad SMARTS) is 1. The third-order valence-electron chi connectivity index (χ3n) is 20.3. The molecule has 37 nitrogen and oxygen atoms in total. The van der Waals surface area contributed by atoms with Gasteiger partial charge < -0.3 is 99.5 Å². The molecule has 0 saturated carbocycles. The molecule has 4 aromatic rings. The van der Waals surface area contributed by atoms with Crippen LogP contribution in [0.1, 0.15) is 104 Å². The number of fused-ring (bicyclic) bond motifs is 8. The Morgan fingerprint density at radius 2 is 1.18 bits per heavy atom. The van der Waals surface area contributed by atoms with Crippen molar-refractivity contribution in [3.8, 4) is 0 Å². The van der Waals surface area contributed by atoms with Crippen LogP contribution in [0.5, 0.6) is 0 Å². The SMILES string of the molecule is CC(C)[C@@H]1NC(=O)[C@H](Cc2c[nH]c3ccccc23)NC(=O)[C@H](C)NC(=O)[C@@H]2CCC[C@@H](O)[C@H](NC(=O)[C@@H](NC(=O)[C@H](C)N)CSCCC(=O)N3CCN4CN(C3)N(C(=O)CNC(=O)[C@H](CC(=O)O)NC1=O)[C@@H](Cc1c[nH]c3ccccc13)C(=O)N[C@@H](C(C)C)C(=O)N1CCC[C@H]1C(=O)N[C@H](C(N)=O)CSCCC4=O)C(=O)N2. The van der Waals surface area contributed by atoms with Crippen LogP contribution in [0.15, 0.2) is 60.9 Å². The monoisotopic (exact) mass is 1600 g/mol. The standard InChI is InChI=1S/C73H101N19O18S2/c1-37(2)59-71(108)82-49(29-58(97)98)65(102)78-32-57(96)92-53(28-42-31-77-46-16-10-8-14-44(42)46)70(107)86-60(38(3)4)73(110)91-22-12-18-52(91)69(106)83-50(62(75)99)33-111-25-20-55(94)88-23-24-89(36-90(92)35-88)56(95)21-26-112-34-51(84-63(100)39(5)74)68(105)87-61-54(93)19-11-17-47(80-72(61)109)66(103)79-40(6)64(101)81-48(67(104)85-59)27-41-30-76-45-15-9-7-13-43(41)45/h7-10,13-16,30-31,37-40,47-54,59-61,76-77,93H,11-12,17-29,32-36,74H2,1-6H3,(H2,75,99)(H,78,102)(H,79,103)(H,80,109)(H,81,101)(H,82,108)(H,83,106)(H,84,100)(H,85,104)(H,86,107)(H,87,105)(H,97,98)/t39-,40-,47-,48-,49-,50-,51-,52-,53-,54+,59-,60-,61-/m0/s1. The number of primary amides is 1. The molecule has 5 aliphatic rings. The molecule has 39 heteroatoms. The van der Waals surface area contributed by atoms with Crippen molar-refractivity contribution in [2.45, 2.75) is 184 Å². The van der Waals surface area contributed by atoms with E-state index < -0.39 is 218 Å². The van der Waals surface area contributed by atoms with E-state index in [9.17, 15) is 67.7 Å². The summed E-state index contributed by atoms with van der Waals surface area (Å²) >= 11 is 2.10. The summed E-state index contributed by atoms with van der Waals surface area (Å²) in [6, 6.07) is -3.89. The van der Waals surface area contributed by atoms with Crippen molar-refractivity contribution in [1.29, 1.82) is 0 Å². The summed E-state index contributed by atoms with van der Waals surface area (Å²) in [5.41, 5.74) is 14.0. The third-order valence-corrected chi connectivity index (χ3v) is 22.4.